The number of hydrogen-bond donors (Lipinski definition) is 2. The highest BCUT2D eigenvalue weighted by Gasteiger charge is 2.00. The zero-order valence-electron chi connectivity index (χ0n) is 9.85. The maximum atomic E-state index is 5.24. The van der Waals surface area contributed by atoms with E-state index in [1.54, 1.807) is 0 Å². The van der Waals surface area contributed by atoms with Gasteiger partial charge in [0.15, 0.2) is 5.82 Å². The van der Waals surface area contributed by atoms with Crippen molar-refractivity contribution in [1.29, 1.82) is 0 Å². The van der Waals surface area contributed by atoms with Gasteiger partial charge in [-0.3, -0.25) is 0 Å². The molecule has 0 spiro atoms. The van der Waals surface area contributed by atoms with Crippen molar-refractivity contribution in [1.82, 2.24) is 10.2 Å². The van der Waals surface area contributed by atoms with Gasteiger partial charge >= 0.3 is 0 Å². The highest BCUT2D eigenvalue weighted by atomic mass is 15.3. The van der Waals surface area contributed by atoms with Crippen molar-refractivity contribution in [2.24, 2.45) is 5.84 Å². The Morgan fingerprint density at radius 3 is 2.35 bits per heavy atom. The largest absolute Gasteiger partial charge is 0.307 e. The van der Waals surface area contributed by atoms with Crippen LogP contribution in [0, 0.1) is 0 Å². The lowest BCUT2D eigenvalue weighted by atomic mass is 10.1. The van der Waals surface area contributed by atoms with E-state index in [9.17, 15) is 0 Å². The standard InChI is InChI=1S/C13H16N4/c1-2-3-10-4-6-11(7-5-10)12-8-9-13(15-14)17-16-12/h4-9H,2-3,14H2,1H3,(H,15,17). The monoisotopic (exact) mass is 228 g/mol. The molecule has 1 aromatic heterocycles. The van der Waals surface area contributed by atoms with Gasteiger partial charge in [0.1, 0.15) is 0 Å². The van der Waals surface area contributed by atoms with Gasteiger partial charge in [-0.05, 0) is 24.1 Å². The average molecular weight is 228 g/mol. The molecule has 2 rings (SSSR count). The van der Waals surface area contributed by atoms with Gasteiger partial charge in [-0.1, -0.05) is 37.6 Å². The predicted molar refractivity (Wildman–Crippen MR) is 69.3 cm³/mol. The minimum absolute atomic E-state index is 0.566. The molecule has 3 N–H and O–H groups in total. The Bertz CT molecular complexity index is 462. The summed E-state index contributed by atoms with van der Waals surface area (Å²) in [6.45, 7) is 2.18. The van der Waals surface area contributed by atoms with Gasteiger partial charge in [0, 0.05) is 5.56 Å². The number of rotatable bonds is 4. The Labute approximate surface area is 101 Å². The van der Waals surface area contributed by atoms with Crippen LogP contribution in [0.5, 0.6) is 0 Å². The molecule has 0 atom stereocenters. The van der Waals surface area contributed by atoms with Crippen LogP contribution < -0.4 is 11.3 Å². The summed E-state index contributed by atoms with van der Waals surface area (Å²) < 4.78 is 0. The first-order valence-corrected chi connectivity index (χ1v) is 5.73. The molecule has 2 aromatic rings. The number of aromatic nitrogens is 2. The molecule has 88 valence electrons. The molecule has 0 saturated heterocycles. The molecule has 1 aromatic carbocycles. The van der Waals surface area contributed by atoms with Crippen LogP contribution >= 0.6 is 0 Å². The quantitative estimate of drug-likeness (QED) is 0.623. The molecular formula is C13H16N4. The van der Waals surface area contributed by atoms with Gasteiger partial charge in [0.25, 0.3) is 0 Å². The SMILES string of the molecule is CCCc1ccc(-c2ccc(NN)nn2)cc1. The van der Waals surface area contributed by atoms with Crippen LogP contribution in [-0.2, 0) is 6.42 Å². The van der Waals surface area contributed by atoms with Gasteiger partial charge in [0.2, 0.25) is 0 Å². The number of benzene rings is 1. The van der Waals surface area contributed by atoms with Gasteiger partial charge in [-0.25, -0.2) is 5.84 Å². The second-order valence-electron chi connectivity index (χ2n) is 3.90. The van der Waals surface area contributed by atoms with Crippen molar-refractivity contribution in [3.05, 3.63) is 42.0 Å². The summed E-state index contributed by atoms with van der Waals surface area (Å²) in [5, 5.41) is 8.05. The molecule has 1 heterocycles. The second kappa shape index (κ2) is 5.41. The highest BCUT2D eigenvalue weighted by Crippen LogP contribution is 2.18. The summed E-state index contributed by atoms with van der Waals surface area (Å²) in [6.07, 6.45) is 2.28. The van der Waals surface area contributed by atoms with E-state index in [0.29, 0.717) is 5.82 Å². The van der Waals surface area contributed by atoms with Crippen molar-refractivity contribution in [3.8, 4) is 11.3 Å². The van der Waals surface area contributed by atoms with Gasteiger partial charge in [0.05, 0.1) is 5.69 Å². The van der Waals surface area contributed by atoms with Gasteiger partial charge in [-0.15, -0.1) is 10.2 Å². The van der Waals surface area contributed by atoms with Crippen molar-refractivity contribution in [3.63, 3.8) is 0 Å². The number of nitrogen functional groups attached to an aromatic ring is 1. The summed E-state index contributed by atoms with van der Waals surface area (Å²) in [7, 11) is 0. The van der Waals surface area contributed by atoms with Crippen LogP contribution in [0.25, 0.3) is 11.3 Å². The number of nitrogens with two attached hydrogens (primary N) is 1. The number of nitrogens with zero attached hydrogens (tertiary/aromatic N) is 2. The lowest BCUT2D eigenvalue weighted by Gasteiger charge is -2.03. The predicted octanol–water partition coefficient (Wildman–Crippen LogP) is 2.38. The number of nitrogens with one attached hydrogen (secondary N) is 1. The van der Waals surface area contributed by atoms with Crippen LogP contribution in [0.3, 0.4) is 0 Å². The third-order valence-corrected chi connectivity index (χ3v) is 2.60. The zero-order chi connectivity index (χ0) is 12.1. The van der Waals surface area contributed by atoms with Crippen LogP contribution in [-0.4, -0.2) is 10.2 Å². The number of hydrazine groups is 1. The zero-order valence-corrected chi connectivity index (χ0v) is 9.85. The fourth-order valence-electron chi connectivity index (χ4n) is 1.69. The Hall–Kier alpha value is -1.94. The van der Waals surface area contributed by atoms with Crippen LogP contribution in [0.1, 0.15) is 18.9 Å². The van der Waals surface area contributed by atoms with Gasteiger partial charge in [-0.2, -0.15) is 0 Å². The maximum Gasteiger partial charge on any atom is 0.162 e. The van der Waals surface area contributed by atoms with E-state index in [1.165, 1.54) is 5.56 Å². The number of aryl methyl sites for hydroxylation is 1. The van der Waals surface area contributed by atoms with E-state index < -0.39 is 0 Å². The van der Waals surface area contributed by atoms with Crippen LogP contribution in [0.4, 0.5) is 5.82 Å². The summed E-state index contributed by atoms with van der Waals surface area (Å²) in [5.74, 6) is 5.81. The molecule has 0 unspecified atom stereocenters. The molecule has 4 nitrogen and oxygen atoms in total. The fraction of sp³-hybridized carbons (Fsp3) is 0.231. The van der Waals surface area contributed by atoms with E-state index >= 15 is 0 Å². The molecule has 0 radical (unpaired) electrons. The Kier molecular flexibility index (Phi) is 3.67. The first kappa shape index (κ1) is 11.5. The summed E-state index contributed by atoms with van der Waals surface area (Å²) in [5.41, 5.74) is 5.73. The molecule has 0 aliphatic carbocycles. The third-order valence-electron chi connectivity index (χ3n) is 2.60. The van der Waals surface area contributed by atoms with Crippen molar-refractivity contribution in [2.75, 3.05) is 5.43 Å². The summed E-state index contributed by atoms with van der Waals surface area (Å²) >= 11 is 0. The average Bonchev–Trinajstić information content (AvgIpc) is 2.40. The first-order valence-electron chi connectivity index (χ1n) is 5.73. The molecule has 0 amide bonds. The second-order valence-corrected chi connectivity index (χ2v) is 3.90. The molecule has 0 saturated carbocycles. The minimum Gasteiger partial charge on any atom is -0.307 e. The normalized spacial score (nSPS) is 10.2. The molecule has 0 aliphatic heterocycles. The molecule has 0 bridgehead atoms. The third kappa shape index (κ3) is 2.79. The minimum atomic E-state index is 0.566. The lowest BCUT2D eigenvalue weighted by molar-refractivity contribution is 0.922. The van der Waals surface area contributed by atoms with Crippen LogP contribution in [0.15, 0.2) is 36.4 Å². The Morgan fingerprint density at radius 1 is 1.06 bits per heavy atom. The molecule has 0 aliphatic rings. The maximum absolute atomic E-state index is 5.24. The molecule has 0 fully saturated rings. The van der Waals surface area contributed by atoms with E-state index in [4.69, 9.17) is 5.84 Å². The van der Waals surface area contributed by atoms with Crippen molar-refractivity contribution >= 4 is 5.82 Å². The molecule has 4 heteroatoms. The van der Waals surface area contributed by atoms with Crippen LogP contribution in [0.2, 0.25) is 0 Å². The smallest absolute Gasteiger partial charge is 0.162 e. The highest BCUT2D eigenvalue weighted by molar-refractivity contribution is 5.59. The lowest BCUT2D eigenvalue weighted by Crippen LogP contribution is -2.08. The van der Waals surface area contributed by atoms with E-state index in [2.05, 4.69) is 46.8 Å². The Balaban J connectivity index is 2.20. The van der Waals surface area contributed by atoms with E-state index in [1.807, 2.05) is 12.1 Å². The van der Waals surface area contributed by atoms with E-state index in [-0.39, 0.29) is 0 Å². The number of hydrogen-bond acceptors (Lipinski definition) is 4. The van der Waals surface area contributed by atoms with Gasteiger partial charge < -0.3 is 5.43 Å². The number of anilines is 1. The molecular weight excluding hydrogens is 212 g/mol. The van der Waals surface area contributed by atoms with Crippen molar-refractivity contribution in [2.45, 2.75) is 19.8 Å². The van der Waals surface area contributed by atoms with E-state index in [0.717, 1.165) is 24.1 Å². The first-order chi connectivity index (χ1) is 8.33. The Morgan fingerprint density at radius 2 is 1.82 bits per heavy atom. The molecule has 17 heavy (non-hydrogen) atoms. The summed E-state index contributed by atoms with van der Waals surface area (Å²) in [6, 6.07) is 12.1. The fourth-order valence-corrected chi connectivity index (χ4v) is 1.69. The topological polar surface area (TPSA) is 63.8 Å². The van der Waals surface area contributed by atoms with Crippen molar-refractivity contribution < 1.29 is 0 Å². The summed E-state index contributed by atoms with van der Waals surface area (Å²) in [4.78, 5) is 0.